The monoisotopic (exact) mass is 328 g/mol. The zero-order valence-electron chi connectivity index (χ0n) is 11.1. The Morgan fingerprint density at radius 3 is 2.47 bits per heavy atom. The van der Waals surface area contributed by atoms with Crippen molar-refractivity contribution in [1.82, 2.24) is 5.32 Å². The van der Waals surface area contributed by atoms with Crippen molar-refractivity contribution in [3.63, 3.8) is 0 Å². The molecular formula is C13H17BrN2O3. The van der Waals surface area contributed by atoms with Crippen LogP contribution in [0.25, 0.3) is 0 Å². The number of amides is 1. The summed E-state index contributed by atoms with van der Waals surface area (Å²) >= 11 is 3.26. The number of hydrogen-bond acceptors (Lipinski definition) is 4. The standard InChI is InChI=1S/C13H17BrN2O3/c1-7(2)11(13(18)19-3)16-12(17)8-4-5-10(15)9(14)6-8/h4-7,11H,15H2,1-3H3,(H,16,17)/t11-/m0/s1. The number of benzene rings is 1. The third kappa shape index (κ3) is 3.96. The molecule has 0 heterocycles. The quantitative estimate of drug-likeness (QED) is 0.654. The molecule has 104 valence electrons. The first-order valence-corrected chi connectivity index (χ1v) is 6.59. The number of ether oxygens (including phenoxy) is 1. The minimum Gasteiger partial charge on any atom is -0.467 e. The highest BCUT2D eigenvalue weighted by Crippen LogP contribution is 2.20. The van der Waals surface area contributed by atoms with Gasteiger partial charge in [0.25, 0.3) is 5.91 Å². The van der Waals surface area contributed by atoms with E-state index in [1.165, 1.54) is 7.11 Å². The van der Waals surface area contributed by atoms with Crippen molar-refractivity contribution < 1.29 is 14.3 Å². The summed E-state index contributed by atoms with van der Waals surface area (Å²) in [5.41, 5.74) is 6.63. The Balaban J connectivity index is 2.87. The molecule has 0 aliphatic carbocycles. The molecule has 1 aromatic carbocycles. The molecule has 0 aromatic heterocycles. The van der Waals surface area contributed by atoms with E-state index in [0.717, 1.165) is 0 Å². The SMILES string of the molecule is COC(=O)[C@@H](NC(=O)c1ccc(N)c(Br)c1)C(C)C. The maximum atomic E-state index is 12.1. The molecule has 1 rings (SSSR count). The normalized spacial score (nSPS) is 12.1. The van der Waals surface area contributed by atoms with Crippen LogP contribution >= 0.6 is 15.9 Å². The van der Waals surface area contributed by atoms with E-state index < -0.39 is 12.0 Å². The smallest absolute Gasteiger partial charge is 0.328 e. The van der Waals surface area contributed by atoms with E-state index in [1.54, 1.807) is 18.2 Å². The van der Waals surface area contributed by atoms with Crippen molar-refractivity contribution in [2.45, 2.75) is 19.9 Å². The van der Waals surface area contributed by atoms with Gasteiger partial charge in [-0.25, -0.2) is 4.79 Å². The second-order valence-corrected chi connectivity index (χ2v) is 5.31. The van der Waals surface area contributed by atoms with Gasteiger partial charge in [0.2, 0.25) is 0 Å². The molecule has 0 spiro atoms. The lowest BCUT2D eigenvalue weighted by atomic mass is 10.0. The molecule has 1 amide bonds. The number of carbonyl (C=O) groups excluding carboxylic acids is 2. The van der Waals surface area contributed by atoms with E-state index in [0.29, 0.717) is 15.7 Å². The van der Waals surface area contributed by atoms with Gasteiger partial charge in [-0.05, 0) is 40.0 Å². The Labute approximate surface area is 120 Å². The maximum Gasteiger partial charge on any atom is 0.328 e. The minimum absolute atomic E-state index is 0.0615. The van der Waals surface area contributed by atoms with Gasteiger partial charge in [0.1, 0.15) is 6.04 Å². The van der Waals surface area contributed by atoms with Gasteiger partial charge in [-0.3, -0.25) is 4.79 Å². The molecule has 1 aromatic rings. The molecule has 0 unspecified atom stereocenters. The van der Waals surface area contributed by atoms with Crippen molar-refractivity contribution in [3.05, 3.63) is 28.2 Å². The lowest BCUT2D eigenvalue weighted by molar-refractivity contribution is -0.144. The van der Waals surface area contributed by atoms with Crippen LogP contribution in [-0.2, 0) is 9.53 Å². The van der Waals surface area contributed by atoms with Crippen molar-refractivity contribution in [1.29, 1.82) is 0 Å². The van der Waals surface area contributed by atoms with Gasteiger partial charge in [0.05, 0.1) is 7.11 Å². The molecule has 1 atom stereocenters. The number of halogens is 1. The first-order valence-electron chi connectivity index (χ1n) is 5.80. The fourth-order valence-electron chi connectivity index (χ4n) is 1.52. The molecule has 0 fully saturated rings. The third-order valence-corrected chi connectivity index (χ3v) is 3.36. The van der Waals surface area contributed by atoms with E-state index in [4.69, 9.17) is 5.73 Å². The van der Waals surface area contributed by atoms with Gasteiger partial charge in [-0.2, -0.15) is 0 Å². The van der Waals surface area contributed by atoms with E-state index >= 15 is 0 Å². The summed E-state index contributed by atoms with van der Waals surface area (Å²) in [7, 11) is 1.30. The van der Waals surface area contributed by atoms with Gasteiger partial charge in [0.15, 0.2) is 0 Å². The lowest BCUT2D eigenvalue weighted by Gasteiger charge is -2.19. The van der Waals surface area contributed by atoms with Gasteiger partial charge in [-0.15, -0.1) is 0 Å². The van der Waals surface area contributed by atoms with Crippen LogP contribution in [0.1, 0.15) is 24.2 Å². The Hall–Kier alpha value is -1.56. The first kappa shape index (κ1) is 15.5. The number of rotatable bonds is 4. The number of nitrogens with two attached hydrogens (primary N) is 1. The summed E-state index contributed by atoms with van der Waals surface area (Å²) in [4.78, 5) is 23.6. The molecule has 0 aliphatic heterocycles. The third-order valence-electron chi connectivity index (χ3n) is 2.67. The fraction of sp³-hybridized carbons (Fsp3) is 0.385. The highest BCUT2D eigenvalue weighted by Gasteiger charge is 2.25. The van der Waals surface area contributed by atoms with Gasteiger partial charge < -0.3 is 15.8 Å². The Morgan fingerprint density at radius 2 is 2.00 bits per heavy atom. The number of nitrogen functional groups attached to an aromatic ring is 1. The highest BCUT2D eigenvalue weighted by atomic mass is 79.9. The van der Waals surface area contributed by atoms with Gasteiger partial charge >= 0.3 is 5.97 Å². The second kappa shape index (κ2) is 6.56. The topological polar surface area (TPSA) is 81.4 Å². The number of carbonyl (C=O) groups is 2. The van der Waals surface area contributed by atoms with E-state index in [2.05, 4.69) is 26.0 Å². The largest absolute Gasteiger partial charge is 0.467 e. The lowest BCUT2D eigenvalue weighted by Crippen LogP contribution is -2.45. The van der Waals surface area contributed by atoms with Gasteiger partial charge in [-0.1, -0.05) is 13.8 Å². The van der Waals surface area contributed by atoms with Crippen LogP contribution in [0.3, 0.4) is 0 Å². The Morgan fingerprint density at radius 1 is 1.37 bits per heavy atom. The molecule has 0 saturated carbocycles. The van der Waals surface area contributed by atoms with Crippen molar-refractivity contribution in [2.24, 2.45) is 5.92 Å². The van der Waals surface area contributed by atoms with E-state index in [-0.39, 0.29) is 11.8 Å². The van der Waals surface area contributed by atoms with Gasteiger partial charge in [0, 0.05) is 15.7 Å². The molecule has 19 heavy (non-hydrogen) atoms. The molecule has 0 bridgehead atoms. The molecule has 0 aliphatic rings. The zero-order valence-corrected chi connectivity index (χ0v) is 12.7. The van der Waals surface area contributed by atoms with Crippen LogP contribution in [0.4, 0.5) is 5.69 Å². The van der Waals surface area contributed by atoms with Crippen LogP contribution in [0.15, 0.2) is 22.7 Å². The number of nitrogens with one attached hydrogen (secondary N) is 1. The average molecular weight is 329 g/mol. The number of anilines is 1. The molecule has 0 saturated heterocycles. The molecule has 0 radical (unpaired) electrons. The van der Waals surface area contributed by atoms with Crippen LogP contribution in [0.5, 0.6) is 0 Å². The zero-order chi connectivity index (χ0) is 14.6. The Bertz CT molecular complexity index is 489. The van der Waals surface area contributed by atoms with E-state index in [9.17, 15) is 9.59 Å². The van der Waals surface area contributed by atoms with Crippen LogP contribution in [0.2, 0.25) is 0 Å². The highest BCUT2D eigenvalue weighted by molar-refractivity contribution is 9.10. The maximum absolute atomic E-state index is 12.1. The number of hydrogen-bond donors (Lipinski definition) is 2. The van der Waals surface area contributed by atoms with E-state index in [1.807, 2.05) is 13.8 Å². The van der Waals surface area contributed by atoms with Crippen molar-refractivity contribution >= 4 is 33.5 Å². The molecule has 5 nitrogen and oxygen atoms in total. The van der Waals surface area contributed by atoms with Crippen molar-refractivity contribution in [3.8, 4) is 0 Å². The van der Waals surface area contributed by atoms with Crippen molar-refractivity contribution in [2.75, 3.05) is 12.8 Å². The molecular weight excluding hydrogens is 312 g/mol. The second-order valence-electron chi connectivity index (χ2n) is 4.45. The summed E-state index contributed by atoms with van der Waals surface area (Å²) in [6.45, 7) is 3.67. The summed E-state index contributed by atoms with van der Waals surface area (Å²) in [6.07, 6.45) is 0. The number of esters is 1. The van der Waals surface area contributed by atoms with Crippen LogP contribution < -0.4 is 11.1 Å². The molecule has 6 heteroatoms. The average Bonchev–Trinajstić information content (AvgIpc) is 2.37. The van der Waals surface area contributed by atoms with Crippen LogP contribution in [-0.4, -0.2) is 25.0 Å². The summed E-state index contributed by atoms with van der Waals surface area (Å²) in [6, 6.07) is 4.17. The summed E-state index contributed by atoms with van der Waals surface area (Å²) in [5.74, 6) is -0.865. The minimum atomic E-state index is -0.672. The Kier molecular flexibility index (Phi) is 5.35. The predicted octanol–water partition coefficient (Wildman–Crippen LogP) is 1.96. The summed E-state index contributed by atoms with van der Waals surface area (Å²) in [5, 5.41) is 2.65. The fourth-order valence-corrected chi connectivity index (χ4v) is 1.90. The molecule has 3 N–H and O–H groups in total. The summed E-state index contributed by atoms with van der Waals surface area (Å²) < 4.78 is 5.31. The first-order chi connectivity index (χ1) is 8.86. The number of methoxy groups -OCH3 is 1. The van der Waals surface area contributed by atoms with Crippen LogP contribution in [0, 0.1) is 5.92 Å². The predicted molar refractivity (Wildman–Crippen MR) is 76.7 cm³/mol.